The second-order valence-electron chi connectivity index (χ2n) is 12.6. The summed E-state index contributed by atoms with van der Waals surface area (Å²) in [4.78, 5) is 79.7. The smallest absolute Gasteiger partial charge is 0.327 e. The molecule has 2 aromatic carbocycles. The van der Waals surface area contributed by atoms with Crippen LogP contribution in [0.4, 0.5) is 0 Å². The van der Waals surface area contributed by atoms with Crippen LogP contribution in [0.15, 0.2) is 42.5 Å². The molecule has 10 N–H and O–H groups in total. The predicted octanol–water partition coefficient (Wildman–Crippen LogP) is 0.996. The van der Waals surface area contributed by atoms with Crippen LogP contribution in [0, 0.1) is 5.92 Å². The zero-order valence-corrected chi connectivity index (χ0v) is 27.1. The third-order valence-corrected chi connectivity index (χ3v) is 8.28. The van der Waals surface area contributed by atoms with E-state index in [4.69, 9.17) is 22.3 Å². The van der Waals surface area contributed by atoms with Gasteiger partial charge in [0, 0.05) is 24.0 Å². The van der Waals surface area contributed by atoms with E-state index in [-0.39, 0.29) is 47.6 Å². The van der Waals surface area contributed by atoms with E-state index in [0.29, 0.717) is 29.8 Å². The average molecular weight is 668 g/mol. The van der Waals surface area contributed by atoms with E-state index in [0.717, 1.165) is 0 Å². The van der Waals surface area contributed by atoms with E-state index in [1.165, 1.54) is 30.3 Å². The number of rotatable bonds is 17. The van der Waals surface area contributed by atoms with Gasteiger partial charge in [-0.3, -0.25) is 28.9 Å². The first-order valence-corrected chi connectivity index (χ1v) is 15.9. The van der Waals surface area contributed by atoms with E-state index >= 15 is 0 Å². The standard InChI is InChI=1S/C34H45N5O9/c1-18(2)15-24(36)31(44)29-20(5-3-6-22(29)30(43)25(37)16-19-8-10-21(40)11-9-19)17-27(34(47)48)39(33(46)26-7-4-14-38-26)32(45)23(35)12-13-28(41)42/h3,5-6,8-11,18,23-27,38,40H,4,7,12-17,35-37H2,1-2H3,(H,41,42)(H,47,48). The molecular formula is C34H45N5O9. The molecule has 14 nitrogen and oxygen atoms in total. The highest BCUT2D eigenvalue weighted by Gasteiger charge is 2.42. The van der Waals surface area contributed by atoms with Crippen molar-refractivity contribution >= 4 is 35.3 Å². The molecule has 1 aliphatic heterocycles. The van der Waals surface area contributed by atoms with Crippen molar-refractivity contribution in [3.63, 3.8) is 0 Å². The van der Waals surface area contributed by atoms with Crippen LogP contribution in [0.1, 0.15) is 77.8 Å². The number of phenolic OH excluding ortho intramolecular Hbond substituents is 1. The Morgan fingerprint density at radius 2 is 1.56 bits per heavy atom. The molecule has 1 heterocycles. The van der Waals surface area contributed by atoms with Crippen LogP contribution in [0.25, 0.3) is 0 Å². The molecule has 3 rings (SSSR count). The van der Waals surface area contributed by atoms with Gasteiger partial charge in [-0.05, 0) is 67.8 Å². The predicted molar refractivity (Wildman–Crippen MR) is 175 cm³/mol. The van der Waals surface area contributed by atoms with E-state index in [1.807, 2.05) is 13.8 Å². The van der Waals surface area contributed by atoms with E-state index < -0.39 is 78.4 Å². The van der Waals surface area contributed by atoms with Crippen LogP contribution >= 0.6 is 0 Å². The summed E-state index contributed by atoms with van der Waals surface area (Å²) in [5.74, 6) is -5.95. The molecule has 0 saturated carbocycles. The molecule has 2 amide bonds. The molecule has 1 fully saturated rings. The van der Waals surface area contributed by atoms with Crippen LogP contribution in [0.5, 0.6) is 5.75 Å². The van der Waals surface area contributed by atoms with Crippen LogP contribution in [-0.2, 0) is 32.0 Å². The summed E-state index contributed by atoms with van der Waals surface area (Å²) < 4.78 is 0. The number of nitrogens with two attached hydrogens (primary N) is 3. The molecule has 260 valence electrons. The van der Waals surface area contributed by atoms with Gasteiger partial charge in [-0.25, -0.2) is 4.79 Å². The minimum atomic E-state index is -1.87. The van der Waals surface area contributed by atoms with Crippen molar-refractivity contribution in [2.24, 2.45) is 23.1 Å². The fourth-order valence-electron chi connectivity index (χ4n) is 5.80. The fourth-order valence-corrected chi connectivity index (χ4v) is 5.80. The van der Waals surface area contributed by atoms with Gasteiger partial charge in [-0.2, -0.15) is 0 Å². The second-order valence-corrected chi connectivity index (χ2v) is 12.6. The largest absolute Gasteiger partial charge is 0.508 e. The molecule has 1 aliphatic rings. The third-order valence-electron chi connectivity index (χ3n) is 8.28. The maximum absolute atomic E-state index is 14.0. The summed E-state index contributed by atoms with van der Waals surface area (Å²) in [5, 5.41) is 32.1. The highest BCUT2D eigenvalue weighted by atomic mass is 16.4. The molecular weight excluding hydrogens is 622 g/mol. The lowest BCUT2D eigenvalue weighted by Crippen LogP contribution is -2.58. The molecule has 0 spiro atoms. The number of carboxylic acids is 2. The third kappa shape index (κ3) is 9.76. The molecule has 14 heteroatoms. The Hall–Kier alpha value is -4.50. The highest BCUT2D eigenvalue weighted by molar-refractivity contribution is 6.13. The van der Waals surface area contributed by atoms with Crippen molar-refractivity contribution in [3.05, 3.63) is 64.7 Å². The maximum atomic E-state index is 14.0. The average Bonchev–Trinajstić information content (AvgIpc) is 3.58. The molecule has 1 saturated heterocycles. The summed E-state index contributed by atoms with van der Waals surface area (Å²) in [7, 11) is 0. The van der Waals surface area contributed by atoms with Gasteiger partial charge in [0.05, 0.1) is 24.2 Å². The monoisotopic (exact) mass is 667 g/mol. The zero-order valence-electron chi connectivity index (χ0n) is 27.1. The Bertz CT molecular complexity index is 1500. The van der Waals surface area contributed by atoms with Gasteiger partial charge in [0.2, 0.25) is 11.8 Å². The normalized spacial score (nSPS) is 16.9. The van der Waals surface area contributed by atoms with Gasteiger partial charge in [0.15, 0.2) is 11.6 Å². The number of phenols is 1. The first kappa shape index (κ1) is 38.0. The fraction of sp³-hybridized carbons (Fsp3) is 0.471. The number of nitrogens with one attached hydrogen (secondary N) is 1. The summed E-state index contributed by atoms with van der Waals surface area (Å²) in [5.41, 5.74) is 19.1. The number of nitrogens with zero attached hydrogens (tertiary/aromatic N) is 1. The van der Waals surface area contributed by atoms with Crippen LogP contribution < -0.4 is 22.5 Å². The quantitative estimate of drug-likeness (QED) is 0.116. The van der Waals surface area contributed by atoms with Gasteiger partial charge in [-0.15, -0.1) is 0 Å². The van der Waals surface area contributed by atoms with Crippen molar-refractivity contribution < 1.29 is 44.1 Å². The van der Waals surface area contributed by atoms with Gasteiger partial charge < -0.3 is 37.8 Å². The molecule has 0 aromatic heterocycles. The van der Waals surface area contributed by atoms with E-state index in [1.54, 1.807) is 12.1 Å². The van der Waals surface area contributed by atoms with Crippen LogP contribution in [-0.4, -0.2) is 92.3 Å². The number of hydrogen-bond donors (Lipinski definition) is 7. The topological polar surface area (TPSA) is 256 Å². The number of imide groups is 1. The van der Waals surface area contributed by atoms with Crippen molar-refractivity contribution in [3.8, 4) is 5.75 Å². The maximum Gasteiger partial charge on any atom is 0.327 e. The van der Waals surface area contributed by atoms with Gasteiger partial charge >= 0.3 is 11.9 Å². The number of benzene rings is 2. The van der Waals surface area contributed by atoms with Crippen LogP contribution in [0.2, 0.25) is 0 Å². The van der Waals surface area contributed by atoms with Crippen molar-refractivity contribution in [1.29, 1.82) is 0 Å². The molecule has 0 aliphatic carbocycles. The summed E-state index contributed by atoms with van der Waals surface area (Å²) in [6, 6.07) is 3.92. The van der Waals surface area contributed by atoms with Gasteiger partial charge in [0.1, 0.15) is 11.8 Å². The van der Waals surface area contributed by atoms with Gasteiger partial charge in [-0.1, -0.05) is 44.2 Å². The number of ketones is 2. The summed E-state index contributed by atoms with van der Waals surface area (Å²) >= 11 is 0. The highest BCUT2D eigenvalue weighted by Crippen LogP contribution is 2.25. The number of Topliss-reactive ketones (excluding diaryl/α,β-unsaturated/α-hetero) is 2. The van der Waals surface area contributed by atoms with E-state index in [2.05, 4.69) is 5.32 Å². The molecule has 48 heavy (non-hydrogen) atoms. The summed E-state index contributed by atoms with van der Waals surface area (Å²) in [6.45, 7) is 4.18. The summed E-state index contributed by atoms with van der Waals surface area (Å²) in [6.07, 6.45) is -0.175. The number of aliphatic carboxylic acids is 2. The Morgan fingerprint density at radius 3 is 2.12 bits per heavy atom. The van der Waals surface area contributed by atoms with Gasteiger partial charge in [0.25, 0.3) is 0 Å². The van der Waals surface area contributed by atoms with Crippen molar-refractivity contribution in [2.45, 2.75) is 89.0 Å². The number of hydrogen-bond acceptors (Lipinski definition) is 11. The molecule has 2 aromatic rings. The van der Waals surface area contributed by atoms with E-state index in [9.17, 15) is 39.0 Å². The Kier molecular flexibility index (Phi) is 13.5. The Balaban J connectivity index is 2.11. The van der Waals surface area contributed by atoms with Crippen LogP contribution in [0.3, 0.4) is 0 Å². The number of carbonyl (C=O) groups excluding carboxylic acids is 4. The minimum Gasteiger partial charge on any atom is -0.508 e. The number of aromatic hydroxyl groups is 1. The molecule has 5 atom stereocenters. The second kappa shape index (κ2) is 17.1. The lowest BCUT2D eigenvalue weighted by molar-refractivity contribution is -0.159. The molecule has 0 bridgehead atoms. The molecule has 0 radical (unpaired) electrons. The Labute approximate surface area is 278 Å². The lowest BCUT2D eigenvalue weighted by atomic mass is 9.85. The minimum absolute atomic E-state index is 0.00396. The van der Waals surface area contributed by atoms with Crippen molar-refractivity contribution in [2.75, 3.05) is 6.54 Å². The number of carboxylic acid groups (broad SMARTS) is 2. The number of amides is 2. The zero-order chi connectivity index (χ0) is 35.7. The number of carbonyl (C=O) groups is 6. The SMILES string of the molecule is CC(C)CC(N)C(=O)c1c(CC(C(=O)O)N(C(=O)C(N)CCC(=O)O)C(=O)C2CCCN2)cccc1C(=O)C(N)Cc1ccc(O)cc1. The molecule has 5 unspecified atom stereocenters. The lowest BCUT2D eigenvalue weighted by Gasteiger charge is -2.32. The van der Waals surface area contributed by atoms with Crippen molar-refractivity contribution in [1.82, 2.24) is 10.2 Å². The first-order valence-electron chi connectivity index (χ1n) is 15.9. The first-order chi connectivity index (χ1) is 22.6. The Morgan fingerprint density at radius 1 is 0.896 bits per heavy atom.